The van der Waals surface area contributed by atoms with E-state index in [0.29, 0.717) is 36.5 Å². The lowest BCUT2D eigenvalue weighted by molar-refractivity contribution is -0.111. The second kappa shape index (κ2) is 10.9. The summed E-state index contributed by atoms with van der Waals surface area (Å²) in [6.45, 7) is 3.23. The van der Waals surface area contributed by atoms with Gasteiger partial charge in [-0.15, -0.1) is 11.3 Å². The van der Waals surface area contributed by atoms with Crippen LogP contribution < -0.4 is 19.5 Å². The number of ether oxygens (including phenoxy) is 3. The zero-order valence-electron chi connectivity index (χ0n) is 16.0. The number of hydrogen-bond donors (Lipinski definition) is 1. The molecule has 150 valence electrons. The lowest BCUT2D eigenvalue weighted by Gasteiger charge is -2.13. The Kier molecular flexibility index (Phi) is 7.65. The minimum Gasteiger partial charge on any atom is -0.490 e. The average molecular weight is 410 g/mol. The molecule has 0 atom stereocenters. The number of nitrogens with zero attached hydrogens (tertiary/aromatic N) is 1. The van der Waals surface area contributed by atoms with Gasteiger partial charge in [-0.1, -0.05) is 24.3 Å². The number of carbonyl (C=O) groups excluding carboxylic acids is 1. The van der Waals surface area contributed by atoms with E-state index in [1.165, 1.54) is 17.4 Å². The summed E-state index contributed by atoms with van der Waals surface area (Å²) in [5.41, 5.74) is 0.829. The third-order valence-corrected chi connectivity index (χ3v) is 4.40. The molecule has 2 aromatic carbocycles. The zero-order valence-corrected chi connectivity index (χ0v) is 16.9. The quantitative estimate of drug-likeness (QED) is 0.389. The molecule has 29 heavy (non-hydrogen) atoms. The van der Waals surface area contributed by atoms with Crippen molar-refractivity contribution in [3.8, 4) is 17.2 Å². The van der Waals surface area contributed by atoms with Crippen LogP contribution in [0.15, 0.2) is 66.2 Å². The molecule has 1 aromatic heterocycles. The fourth-order valence-corrected chi connectivity index (χ4v) is 2.98. The molecule has 0 aliphatic rings. The van der Waals surface area contributed by atoms with Crippen LogP contribution >= 0.6 is 11.3 Å². The first-order valence-electron chi connectivity index (χ1n) is 9.20. The van der Waals surface area contributed by atoms with Crippen LogP contribution in [0.4, 0.5) is 5.13 Å². The Hall–Kier alpha value is -3.32. The molecule has 3 rings (SSSR count). The first-order chi connectivity index (χ1) is 14.2. The normalized spacial score (nSPS) is 10.7. The summed E-state index contributed by atoms with van der Waals surface area (Å²) in [6.07, 6.45) is 4.82. The summed E-state index contributed by atoms with van der Waals surface area (Å²) < 4.78 is 17.1. The van der Waals surface area contributed by atoms with Crippen LogP contribution in [0.5, 0.6) is 17.2 Å². The summed E-state index contributed by atoms with van der Waals surface area (Å²) in [7, 11) is 0. The minimum atomic E-state index is -0.240. The smallest absolute Gasteiger partial charge is 0.250 e. The van der Waals surface area contributed by atoms with Gasteiger partial charge in [0.05, 0.1) is 6.61 Å². The SMILES string of the molecule is CCOc1cc(/C=C/C(=O)Nc2nccs2)ccc1OCCOc1ccccc1. The van der Waals surface area contributed by atoms with E-state index in [4.69, 9.17) is 14.2 Å². The topological polar surface area (TPSA) is 69.7 Å². The Labute approximate surface area is 173 Å². The van der Waals surface area contributed by atoms with Gasteiger partial charge in [0, 0.05) is 17.7 Å². The van der Waals surface area contributed by atoms with Crippen LogP contribution in [0.1, 0.15) is 12.5 Å². The van der Waals surface area contributed by atoms with E-state index in [1.807, 2.05) is 55.5 Å². The number of hydrogen-bond acceptors (Lipinski definition) is 6. The van der Waals surface area contributed by atoms with Crippen molar-refractivity contribution < 1.29 is 19.0 Å². The van der Waals surface area contributed by atoms with E-state index in [1.54, 1.807) is 17.7 Å². The molecular weight excluding hydrogens is 388 g/mol. The van der Waals surface area contributed by atoms with Gasteiger partial charge in [-0.3, -0.25) is 10.1 Å². The maximum atomic E-state index is 12.0. The van der Waals surface area contributed by atoms with Gasteiger partial charge in [0.25, 0.3) is 0 Å². The van der Waals surface area contributed by atoms with Crippen molar-refractivity contribution in [2.75, 3.05) is 25.1 Å². The van der Waals surface area contributed by atoms with Gasteiger partial charge in [0.2, 0.25) is 5.91 Å². The van der Waals surface area contributed by atoms with Gasteiger partial charge in [0.15, 0.2) is 16.6 Å². The van der Waals surface area contributed by atoms with Crippen molar-refractivity contribution in [2.45, 2.75) is 6.92 Å². The fourth-order valence-electron chi connectivity index (χ4n) is 2.45. The van der Waals surface area contributed by atoms with Gasteiger partial charge in [-0.25, -0.2) is 4.98 Å². The number of nitrogens with one attached hydrogen (secondary N) is 1. The summed E-state index contributed by atoms with van der Waals surface area (Å²) in [5, 5.41) is 5.07. The molecule has 1 heterocycles. The monoisotopic (exact) mass is 410 g/mol. The average Bonchev–Trinajstić information content (AvgIpc) is 3.25. The number of carbonyl (C=O) groups is 1. The highest BCUT2D eigenvalue weighted by molar-refractivity contribution is 7.13. The number of aromatic nitrogens is 1. The van der Waals surface area contributed by atoms with E-state index in [0.717, 1.165) is 11.3 Å². The Balaban J connectivity index is 1.56. The Bertz CT molecular complexity index is 927. The maximum Gasteiger partial charge on any atom is 0.250 e. The Morgan fingerprint density at radius 2 is 1.90 bits per heavy atom. The van der Waals surface area contributed by atoms with Crippen LogP contribution in [0, 0.1) is 0 Å². The molecule has 0 radical (unpaired) electrons. The predicted molar refractivity (Wildman–Crippen MR) is 115 cm³/mol. The van der Waals surface area contributed by atoms with Crippen molar-refractivity contribution in [3.05, 3.63) is 71.7 Å². The molecule has 0 bridgehead atoms. The number of thiazole rings is 1. The van der Waals surface area contributed by atoms with E-state index in [-0.39, 0.29) is 5.91 Å². The molecule has 0 spiro atoms. The summed E-state index contributed by atoms with van der Waals surface area (Å²) in [5.74, 6) is 1.82. The molecule has 1 amide bonds. The van der Waals surface area contributed by atoms with Crippen LogP contribution in [-0.4, -0.2) is 30.7 Å². The molecule has 1 N–H and O–H groups in total. The summed E-state index contributed by atoms with van der Waals surface area (Å²) in [4.78, 5) is 16.0. The van der Waals surface area contributed by atoms with E-state index in [9.17, 15) is 4.79 Å². The molecule has 0 saturated heterocycles. The van der Waals surface area contributed by atoms with E-state index >= 15 is 0 Å². The first-order valence-corrected chi connectivity index (χ1v) is 10.1. The molecular formula is C22H22N2O4S. The van der Waals surface area contributed by atoms with Crippen molar-refractivity contribution in [1.82, 2.24) is 4.98 Å². The van der Waals surface area contributed by atoms with Gasteiger partial charge in [-0.05, 0) is 42.8 Å². The van der Waals surface area contributed by atoms with E-state index in [2.05, 4.69) is 10.3 Å². The second-order valence-corrected chi connectivity index (χ2v) is 6.70. The molecule has 7 heteroatoms. The van der Waals surface area contributed by atoms with Crippen molar-refractivity contribution in [3.63, 3.8) is 0 Å². The zero-order chi connectivity index (χ0) is 20.3. The highest BCUT2D eigenvalue weighted by atomic mass is 32.1. The van der Waals surface area contributed by atoms with E-state index < -0.39 is 0 Å². The highest BCUT2D eigenvalue weighted by Crippen LogP contribution is 2.29. The fraction of sp³-hybridized carbons (Fsp3) is 0.182. The molecule has 0 unspecified atom stereocenters. The van der Waals surface area contributed by atoms with Crippen molar-refractivity contribution in [1.29, 1.82) is 0 Å². The number of rotatable bonds is 10. The first kappa shape index (κ1) is 20.4. The summed E-state index contributed by atoms with van der Waals surface area (Å²) in [6, 6.07) is 15.1. The lowest BCUT2D eigenvalue weighted by atomic mass is 10.2. The maximum absolute atomic E-state index is 12.0. The second-order valence-electron chi connectivity index (χ2n) is 5.81. The largest absolute Gasteiger partial charge is 0.490 e. The number of amides is 1. The van der Waals surface area contributed by atoms with Gasteiger partial charge >= 0.3 is 0 Å². The third-order valence-electron chi connectivity index (χ3n) is 3.71. The van der Waals surface area contributed by atoms with Crippen LogP contribution in [0.2, 0.25) is 0 Å². The molecule has 0 aliphatic carbocycles. The highest BCUT2D eigenvalue weighted by Gasteiger charge is 2.07. The molecule has 6 nitrogen and oxygen atoms in total. The molecule has 0 saturated carbocycles. The Morgan fingerprint density at radius 3 is 2.66 bits per heavy atom. The van der Waals surface area contributed by atoms with Gasteiger partial charge < -0.3 is 14.2 Å². The van der Waals surface area contributed by atoms with Gasteiger partial charge in [0.1, 0.15) is 19.0 Å². The standard InChI is InChI=1S/C22H22N2O4S/c1-2-26-20-16-17(9-11-21(25)24-22-23-12-15-29-22)8-10-19(20)28-14-13-27-18-6-4-3-5-7-18/h3-12,15-16H,2,13-14H2,1H3,(H,23,24,25)/b11-9+. The van der Waals surface area contributed by atoms with Crippen LogP contribution in [0.25, 0.3) is 6.08 Å². The molecule has 0 aliphatic heterocycles. The van der Waals surface area contributed by atoms with Crippen molar-refractivity contribution in [2.24, 2.45) is 0 Å². The van der Waals surface area contributed by atoms with Crippen molar-refractivity contribution >= 4 is 28.5 Å². The number of anilines is 1. The number of para-hydroxylation sites is 1. The Morgan fingerprint density at radius 1 is 1.07 bits per heavy atom. The minimum absolute atomic E-state index is 0.240. The molecule has 3 aromatic rings. The summed E-state index contributed by atoms with van der Waals surface area (Å²) >= 11 is 1.37. The molecule has 0 fully saturated rings. The van der Waals surface area contributed by atoms with Crippen LogP contribution in [0.3, 0.4) is 0 Å². The van der Waals surface area contributed by atoms with Crippen LogP contribution in [-0.2, 0) is 4.79 Å². The predicted octanol–water partition coefficient (Wildman–Crippen LogP) is 4.65. The third kappa shape index (κ3) is 6.65. The number of benzene rings is 2. The lowest BCUT2D eigenvalue weighted by Crippen LogP contribution is -2.10. The van der Waals surface area contributed by atoms with Gasteiger partial charge in [-0.2, -0.15) is 0 Å².